The second-order valence-corrected chi connectivity index (χ2v) is 7.24. The van der Waals surface area contributed by atoms with Crippen molar-refractivity contribution in [2.75, 3.05) is 24.5 Å². The van der Waals surface area contributed by atoms with Crippen molar-refractivity contribution in [3.63, 3.8) is 0 Å². The molecule has 1 amide bonds. The summed E-state index contributed by atoms with van der Waals surface area (Å²) in [7, 11) is 0. The first-order valence-corrected chi connectivity index (χ1v) is 8.20. The van der Waals surface area contributed by atoms with E-state index in [2.05, 4.69) is 10.2 Å². The topological polar surface area (TPSA) is 95.7 Å². The van der Waals surface area contributed by atoms with E-state index in [0.29, 0.717) is 5.69 Å². The molecular weight excluding hydrogens is 310 g/mol. The van der Waals surface area contributed by atoms with Gasteiger partial charge in [-0.3, -0.25) is 14.9 Å². The summed E-state index contributed by atoms with van der Waals surface area (Å²) >= 11 is 0. The average molecular weight is 335 g/mol. The lowest BCUT2D eigenvalue weighted by molar-refractivity contribution is -0.384. The van der Waals surface area contributed by atoms with Crippen LogP contribution in [0, 0.1) is 15.5 Å². The number of carbonyl (C=O) groups excluding carboxylic acids is 1. The van der Waals surface area contributed by atoms with Crippen LogP contribution in [0.5, 0.6) is 0 Å². The van der Waals surface area contributed by atoms with Gasteiger partial charge in [0.25, 0.3) is 11.6 Å². The lowest BCUT2D eigenvalue weighted by Gasteiger charge is -2.26. The lowest BCUT2D eigenvalue weighted by Crippen LogP contribution is -2.39. The van der Waals surface area contributed by atoms with E-state index in [0.717, 1.165) is 25.9 Å². The number of nitro groups is 1. The molecule has 2 N–H and O–H groups in total. The van der Waals surface area contributed by atoms with Crippen LogP contribution in [0.3, 0.4) is 0 Å². The number of rotatable bonds is 5. The molecule has 1 saturated heterocycles. The average Bonchev–Trinajstić information content (AvgIpc) is 3.04. The van der Waals surface area contributed by atoms with Crippen molar-refractivity contribution >= 4 is 17.3 Å². The summed E-state index contributed by atoms with van der Waals surface area (Å²) in [6, 6.07) is 4.37. The fourth-order valence-electron chi connectivity index (χ4n) is 2.64. The summed E-state index contributed by atoms with van der Waals surface area (Å²) in [4.78, 5) is 25.1. The highest BCUT2D eigenvalue weighted by molar-refractivity contribution is 6.00. The van der Waals surface area contributed by atoms with Crippen molar-refractivity contribution < 1.29 is 14.8 Å². The molecule has 132 valence electrons. The van der Waals surface area contributed by atoms with Gasteiger partial charge in [-0.15, -0.1) is 0 Å². The molecule has 7 nitrogen and oxygen atoms in total. The molecule has 1 heterocycles. The van der Waals surface area contributed by atoms with Crippen LogP contribution in [0.4, 0.5) is 11.4 Å². The Kier molecular flexibility index (Phi) is 5.43. The van der Waals surface area contributed by atoms with Crippen LogP contribution in [0.25, 0.3) is 0 Å². The van der Waals surface area contributed by atoms with Crippen LogP contribution in [-0.2, 0) is 0 Å². The Labute approximate surface area is 141 Å². The standard InChI is InChI=1S/C17H25N3O4/c1-17(2,3)15(21)11-18-16(22)13-10-12(20(23)24)6-7-14(13)19-8-4-5-9-19/h6-7,10,15,21H,4-5,8-9,11H2,1-3H3,(H,18,22). The third-order valence-electron chi connectivity index (χ3n) is 4.34. The molecule has 1 aliphatic heterocycles. The number of benzene rings is 1. The Morgan fingerprint density at radius 3 is 2.54 bits per heavy atom. The first kappa shape index (κ1) is 18.2. The highest BCUT2D eigenvalue weighted by Gasteiger charge is 2.25. The normalized spacial score (nSPS) is 16.1. The summed E-state index contributed by atoms with van der Waals surface area (Å²) < 4.78 is 0. The van der Waals surface area contributed by atoms with E-state index < -0.39 is 16.9 Å². The molecule has 1 aliphatic rings. The Morgan fingerprint density at radius 2 is 2.00 bits per heavy atom. The van der Waals surface area contributed by atoms with E-state index >= 15 is 0 Å². The van der Waals surface area contributed by atoms with Crippen LogP contribution in [0.15, 0.2) is 18.2 Å². The van der Waals surface area contributed by atoms with Crippen LogP contribution in [0.2, 0.25) is 0 Å². The van der Waals surface area contributed by atoms with Gasteiger partial charge in [0.15, 0.2) is 0 Å². The van der Waals surface area contributed by atoms with Crippen LogP contribution >= 0.6 is 0 Å². The van der Waals surface area contributed by atoms with E-state index in [-0.39, 0.29) is 23.2 Å². The maximum Gasteiger partial charge on any atom is 0.270 e. The minimum Gasteiger partial charge on any atom is -0.391 e. The molecule has 1 unspecified atom stereocenters. The molecular formula is C17H25N3O4. The summed E-state index contributed by atoms with van der Waals surface area (Å²) in [5.41, 5.74) is 0.529. The Hall–Kier alpha value is -2.15. The third-order valence-corrected chi connectivity index (χ3v) is 4.34. The van der Waals surface area contributed by atoms with Crippen LogP contribution in [0.1, 0.15) is 44.0 Å². The number of carbonyl (C=O) groups is 1. The van der Waals surface area contributed by atoms with Crippen molar-refractivity contribution in [2.45, 2.75) is 39.7 Å². The molecule has 7 heteroatoms. The zero-order valence-corrected chi connectivity index (χ0v) is 14.4. The number of anilines is 1. The largest absolute Gasteiger partial charge is 0.391 e. The Morgan fingerprint density at radius 1 is 1.38 bits per heavy atom. The fraction of sp³-hybridized carbons (Fsp3) is 0.588. The predicted molar refractivity (Wildman–Crippen MR) is 92.3 cm³/mol. The number of hydrogen-bond donors (Lipinski definition) is 2. The number of nitrogens with one attached hydrogen (secondary N) is 1. The van der Waals surface area contributed by atoms with Gasteiger partial charge in [0.1, 0.15) is 0 Å². The zero-order valence-electron chi connectivity index (χ0n) is 14.4. The van der Waals surface area contributed by atoms with Gasteiger partial charge in [0.05, 0.1) is 22.3 Å². The molecule has 1 aromatic rings. The molecule has 1 aromatic carbocycles. The van der Waals surface area contributed by atoms with Gasteiger partial charge in [-0.05, 0) is 24.3 Å². The number of hydrogen-bond acceptors (Lipinski definition) is 5. The van der Waals surface area contributed by atoms with Gasteiger partial charge in [0, 0.05) is 31.8 Å². The fourth-order valence-corrected chi connectivity index (χ4v) is 2.64. The molecule has 0 aliphatic carbocycles. The highest BCUT2D eigenvalue weighted by atomic mass is 16.6. The quantitative estimate of drug-likeness (QED) is 0.636. The van der Waals surface area contributed by atoms with Gasteiger partial charge < -0.3 is 15.3 Å². The van der Waals surface area contributed by atoms with Gasteiger partial charge in [0.2, 0.25) is 0 Å². The van der Waals surface area contributed by atoms with E-state index in [1.165, 1.54) is 12.1 Å². The molecule has 1 fully saturated rings. The molecule has 1 atom stereocenters. The minimum atomic E-state index is -0.699. The predicted octanol–water partition coefficient (Wildman–Crippen LogP) is 2.33. The first-order valence-electron chi connectivity index (χ1n) is 8.20. The summed E-state index contributed by atoms with van der Waals surface area (Å²) in [6.45, 7) is 7.42. The number of aliphatic hydroxyl groups excluding tert-OH is 1. The SMILES string of the molecule is CC(C)(C)C(O)CNC(=O)c1cc([N+](=O)[O-])ccc1N1CCCC1. The van der Waals surface area contributed by atoms with E-state index in [4.69, 9.17) is 0 Å². The minimum absolute atomic E-state index is 0.102. The summed E-state index contributed by atoms with van der Waals surface area (Å²) in [5, 5.41) is 23.8. The van der Waals surface area contributed by atoms with Crippen molar-refractivity contribution in [3.05, 3.63) is 33.9 Å². The van der Waals surface area contributed by atoms with Gasteiger partial charge in [-0.2, -0.15) is 0 Å². The second-order valence-electron chi connectivity index (χ2n) is 7.24. The zero-order chi connectivity index (χ0) is 17.9. The van der Waals surface area contributed by atoms with Crippen molar-refractivity contribution in [2.24, 2.45) is 5.41 Å². The molecule has 24 heavy (non-hydrogen) atoms. The van der Waals surface area contributed by atoms with E-state index in [9.17, 15) is 20.0 Å². The van der Waals surface area contributed by atoms with Crippen LogP contribution < -0.4 is 10.2 Å². The summed E-state index contributed by atoms with van der Waals surface area (Å²) in [6.07, 6.45) is 1.39. The van der Waals surface area contributed by atoms with Crippen molar-refractivity contribution in [1.82, 2.24) is 5.32 Å². The number of aliphatic hydroxyl groups is 1. The first-order chi connectivity index (χ1) is 11.2. The van der Waals surface area contributed by atoms with Gasteiger partial charge in [-0.1, -0.05) is 20.8 Å². The van der Waals surface area contributed by atoms with Crippen molar-refractivity contribution in [1.29, 1.82) is 0 Å². The van der Waals surface area contributed by atoms with Gasteiger partial charge >= 0.3 is 0 Å². The number of non-ortho nitro benzene ring substituents is 1. The number of nitrogens with zero attached hydrogens (tertiary/aromatic N) is 2. The summed E-state index contributed by atoms with van der Waals surface area (Å²) in [5.74, 6) is -0.399. The van der Waals surface area contributed by atoms with E-state index in [1.54, 1.807) is 6.07 Å². The third kappa shape index (κ3) is 4.23. The monoisotopic (exact) mass is 335 g/mol. The molecule has 0 spiro atoms. The maximum atomic E-state index is 12.6. The molecule has 0 saturated carbocycles. The number of amides is 1. The Bertz CT molecular complexity index is 619. The Balaban J connectivity index is 2.23. The molecule has 0 bridgehead atoms. The van der Waals surface area contributed by atoms with Gasteiger partial charge in [-0.25, -0.2) is 0 Å². The molecule has 2 rings (SSSR count). The van der Waals surface area contributed by atoms with E-state index in [1.807, 2.05) is 20.8 Å². The van der Waals surface area contributed by atoms with Crippen LogP contribution in [-0.4, -0.2) is 41.7 Å². The highest BCUT2D eigenvalue weighted by Crippen LogP contribution is 2.28. The molecule has 0 aromatic heterocycles. The lowest BCUT2D eigenvalue weighted by atomic mass is 9.89. The molecule has 0 radical (unpaired) electrons. The van der Waals surface area contributed by atoms with Crippen molar-refractivity contribution in [3.8, 4) is 0 Å². The smallest absolute Gasteiger partial charge is 0.270 e. The second kappa shape index (κ2) is 7.17. The maximum absolute atomic E-state index is 12.6. The number of nitro benzene ring substituents is 1.